The molecule has 6 nitrogen and oxygen atoms in total. The number of hydrogen-bond acceptors (Lipinski definition) is 4. The van der Waals surface area contributed by atoms with E-state index >= 15 is 0 Å². The van der Waals surface area contributed by atoms with Gasteiger partial charge in [0, 0.05) is 49.7 Å². The van der Waals surface area contributed by atoms with Gasteiger partial charge >= 0.3 is 0 Å². The minimum atomic E-state index is -0.203. The largest absolute Gasteiger partial charge is 0.483 e. The predicted octanol–water partition coefficient (Wildman–Crippen LogP) is 3.93. The van der Waals surface area contributed by atoms with Crippen molar-refractivity contribution in [2.75, 3.05) is 30.9 Å². The minimum absolute atomic E-state index is 0.0103. The molecule has 0 saturated heterocycles. The van der Waals surface area contributed by atoms with Crippen LogP contribution in [0.4, 0.5) is 11.4 Å². The number of anilines is 2. The molecule has 4 rings (SSSR count). The zero-order valence-electron chi connectivity index (χ0n) is 17.7. The van der Waals surface area contributed by atoms with Crippen LogP contribution in [0.3, 0.4) is 0 Å². The van der Waals surface area contributed by atoms with E-state index in [9.17, 15) is 9.59 Å². The molecule has 0 fully saturated rings. The Labute approximate surface area is 182 Å². The number of amides is 2. The van der Waals surface area contributed by atoms with Crippen molar-refractivity contribution >= 4 is 23.2 Å². The van der Waals surface area contributed by atoms with Crippen molar-refractivity contribution in [3.05, 3.63) is 89.5 Å². The molecule has 0 aromatic heterocycles. The Balaban J connectivity index is 1.51. The molecule has 0 radical (unpaired) electrons. The van der Waals surface area contributed by atoms with E-state index in [4.69, 9.17) is 4.74 Å². The smallest absolute Gasteiger partial charge is 0.261 e. The van der Waals surface area contributed by atoms with Gasteiger partial charge in [-0.15, -0.1) is 0 Å². The fraction of sp³-hybridized carbons (Fsp3) is 0.200. The van der Waals surface area contributed by atoms with Crippen LogP contribution in [0.25, 0.3) is 0 Å². The molecule has 3 aromatic rings. The van der Waals surface area contributed by atoms with E-state index in [1.165, 1.54) is 0 Å². The van der Waals surface area contributed by atoms with E-state index in [1.807, 2.05) is 73.6 Å². The van der Waals surface area contributed by atoms with Gasteiger partial charge in [0.1, 0.15) is 5.75 Å². The van der Waals surface area contributed by atoms with Crippen LogP contribution in [-0.2, 0) is 17.9 Å². The van der Waals surface area contributed by atoms with Gasteiger partial charge in [0.05, 0.1) is 0 Å². The highest BCUT2D eigenvalue weighted by Gasteiger charge is 2.23. The van der Waals surface area contributed by atoms with Crippen molar-refractivity contribution in [1.29, 1.82) is 0 Å². The zero-order valence-corrected chi connectivity index (χ0v) is 17.7. The number of carbonyl (C=O) groups excluding carboxylic acids is 2. The van der Waals surface area contributed by atoms with Crippen molar-refractivity contribution in [1.82, 2.24) is 4.90 Å². The zero-order chi connectivity index (χ0) is 21.8. The first-order valence-corrected chi connectivity index (χ1v) is 10.2. The summed E-state index contributed by atoms with van der Waals surface area (Å²) < 4.78 is 5.69. The second kappa shape index (κ2) is 8.92. The van der Waals surface area contributed by atoms with Gasteiger partial charge in [-0.3, -0.25) is 9.59 Å². The molecule has 6 heteroatoms. The molecule has 2 amide bonds. The molecule has 1 N–H and O–H groups in total. The van der Waals surface area contributed by atoms with Gasteiger partial charge < -0.3 is 19.9 Å². The number of nitrogens with zero attached hydrogens (tertiary/aromatic N) is 2. The number of ether oxygens (including phenoxy) is 1. The van der Waals surface area contributed by atoms with Gasteiger partial charge in [-0.05, 0) is 48.0 Å². The molecule has 0 aliphatic carbocycles. The van der Waals surface area contributed by atoms with E-state index in [0.29, 0.717) is 24.4 Å². The normalized spacial score (nSPS) is 13.1. The van der Waals surface area contributed by atoms with Gasteiger partial charge in [-0.1, -0.05) is 30.3 Å². The minimum Gasteiger partial charge on any atom is -0.483 e. The molecule has 158 valence electrons. The molecular formula is C25H25N3O3. The summed E-state index contributed by atoms with van der Waals surface area (Å²) in [5.74, 6) is 0.355. The highest BCUT2D eigenvalue weighted by molar-refractivity contribution is 6.04. The first-order chi connectivity index (χ1) is 15.0. The molecule has 0 atom stereocenters. The number of benzene rings is 3. The Morgan fingerprint density at radius 1 is 1.03 bits per heavy atom. The number of fused-ring (bicyclic) bond motifs is 1. The van der Waals surface area contributed by atoms with Gasteiger partial charge in [0.25, 0.3) is 11.8 Å². The second-order valence-electron chi connectivity index (χ2n) is 7.74. The maximum atomic E-state index is 12.8. The highest BCUT2D eigenvalue weighted by atomic mass is 16.5. The number of rotatable bonds is 5. The van der Waals surface area contributed by atoms with Crippen LogP contribution in [0.2, 0.25) is 0 Å². The fourth-order valence-corrected chi connectivity index (χ4v) is 3.50. The summed E-state index contributed by atoms with van der Waals surface area (Å²) in [5, 5.41) is 2.93. The van der Waals surface area contributed by atoms with Crippen LogP contribution in [0.15, 0.2) is 72.8 Å². The van der Waals surface area contributed by atoms with E-state index in [1.54, 1.807) is 23.1 Å². The molecule has 1 aliphatic heterocycles. The summed E-state index contributed by atoms with van der Waals surface area (Å²) in [7, 11) is 3.94. The lowest BCUT2D eigenvalue weighted by molar-refractivity contribution is -0.133. The molecule has 0 bridgehead atoms. The van der Waals surface area contributed by atoms with E-state index in [-0.39, 0.29) is 18.4 Å². The van der Waals surface area contributed by atoms with Crippen LogP contribution in [0.1, 0.15) is 21.5 Å². The Hall–Kier alpha value is -3.80. The molecule has 1 heterocycles. The molecule has 0 spiro atoms. The fourth-order valence-electron chi connectivity index (χ4n) is 3.50. The lowest BCUT2D eigenvalue weighted by Crippen LogP contribution is -2.31. The SMILES string of the molecule is CN(C)c1ccc(NC(=O)c2ccc3c(c2)CN(Cc2ccccc2)C(=O)CO3)cc1. The number of carbonyl (C=O) groups is 2. The number of hydrogen-bond donors (Lipinski definition) is 1. The third kappa shape index (κ3) is 4.86. The van der Waals surface area contributed by atoms with Crippen LogP contribution >= 0.6 is 0 Å². The monoisotopic (exact) mass is 415 g/mol. The molecule has 1 aliphatic rings. The topological polar surface area (TPSA) is 61.9 Å². The van der Waals surface area contributed by atoms with Crippen LogP contribution in [0, 0.1) is 0 Å². The Morgan fingerprint density at radius 2 is 1.77 bits per heavy atom. The van der Waals surface area contributed by atoms with Crippen molar-refractivity contribution in [3.63, 3.8) is 0 Å². The van der Waals surface area contributed by atoms with Crippen molar-refractivity contribution in [2.45, 2.75) is 13.1 Å². The van der Waals surface area contributed by atoms with Crippen LogP contribution in [-0.4, -0.2) is 37.4 Å². The summed E-state index contributed by atoms with van der Waals surface area (Å²) in [6.45, 7) is 0.877. The summed E-state index contributed by atoms with van der Waals surface area (Å²) >= 11 is 0. The Morgan fingerprint density at radius 3 is 2.48 bits per heavy atom. The third-order valence-corrected chi connectivity index (χ3v) is 5.25. The van der Waals surface area contributed by atoms with E-state index < -0.39 is 0 Å². The van der Waals surface area contributed by atoms with Crippen molar-refractivity contribution in [2.24, 2.45) is 0 Å². The quantitative estimate of drug-likeness (QED) is 0.686. The third-order valence-electron chi connectivity index (χ3n) is 5.25. The average molecular weight is 415 g/mol. The summed E-state index contributed by atoms with van der Waals surface area (Å²) in [6.07, 6.45) is 0. The molecule has 31 heavy (non-hydrogen) atoms. The standard InChI is InChI=1S/C25H25N3O3/c1-27(2)22-11-9-21(10-12-22)26-25(30)19-8-13-23-20(14-19)16-28(24(29)17-31-23)15-18-6-4-3-5-7-18/h3-14H,15-17H2,1-2H3,(H,26,30). The first-order valence-electron chi connectivity index (χ1n) is 10.2. The number of nitrogens with one attached hydrogen (secondary N) is 1. The predicted molar refractivity (Wildman–Crippen MR) is 121 cm³/mol. The molecule has 3 aromatic carbocycles. The van der Waals surface area contributed by atoms with Crippen LogP contribution < -0.4 is 15.0 Å². The van der Waals surface area contributed by atoms with Gasteiger partial charge in [0.2, 0.25) is 0 Å². The van der Waals surface area contributed by atoms with Crippen LogP contribution in [0.5, 0.6) is 5.75 Å². The Bertz CT molecular complexity index is 1080. The van der Waals surface area contributed by atoms with Gasteiger partial charge in [0.15, 0.2) is 6.61 Å². The molecule has 0 saturated carbocycles. The summed E-state index contributed by atoms with van der Waals surface area (Å²) in [5.41, 5.74) is 4.17. The molecule has 0 unspecified atom stereocenters. The van der Waals surface area contributed by atoms with Crippen molar-refractivity contribution < 1.29 is 14.3 Å². The lowest BCUT2D eigenvalue weighted by Gasteiger charge is -2.20. The van der Waals surface area contributed by atoms with E-state index in [2.05, 4.69) is 5.32 Å². The average Bonchev–Trinajstić information content (AvgIpc) is 2.93. The Kier molecular flexibility index (Phi) is 5.89. The first kappa shape index (κ1) is 20.5. The lowest BCUT2D eigenvalue weighted by atomic mass is 10.1. The summed E-state index contributed by atoms with van der Waals surface area (Å²) in [4.78, 5) is 29.1. The second-order valence-corrected chi connectivity index (χ2v) is 7.74. The summed E-state index contributed by atoms with van der Waals surface area (Å²) in [6, 6.07) is 22.8. The highest BCUT2D eigenvalue weighted by Crippen LogP contribution is 2.26. The maximum absolute atomic E-state index is 12.8. The van der Waals surface area contributed by atoms with Crippen molar-refractivity contribution in [3.8, 4) is 5.75 Å². The van der Waals surface area contributed by atoms with Gasteiger partial charge in [-0.25, -0.2) is 0 Å². The molecular weight excluding hydrogens is 390 g/mol. The van der Waals surface area contributed by atoms with E-state index in [0.717, 1.165) is 22.5 Å². The van der Waals surface area contributed by atoms with Gasteiger partial charge in [-0.2, -0.15) is 0 Å². The maximum Gasteiger partial charge on any atom is 0.261 e.